The molecule has 78 valence electrons. The van der Waals surface area contributed by atoms with E-state index in [1.165, 1.54) is 6.42 Å². The van der Waals surface area contributed by atoms with E-state index in [2.05, 4.69) is 34.6 Å². The van der Waals surface area contributed by atoms with Crippen LogP contribution < -0.4 is 5.73 Å². The highest BCUT2D eigenvalue weighted by Gasteiger charge is 2.24. The van der Waals surface area contributed by atoms with Crippen molar-refractivity contribution in [2.45, 2.75) is 47.5 Å². The maximum Gasteiger partial charge on any atom is -0.0103 e. The van der Waals surface area contributed by atoms with Gasteiger partial charge in [0, 0.05) is 0 Å². The maximum absolute atomic E-state index is 5.30. The minimum absolute atomic E-state index is 0.422. The highest BCUT2D eigenvalue weighted by Crippen LogP contribution is 2.33. The molecule has 13 heavy (non-hydrogen) atoms. The average molecular weight is 183 g/mol. The van der Waals surface area contributed by atoms with Crippen molar-refractivity contribution >= 4 is 0 Å². The number of allylic oxidation sites excluding steroid dienone is 1. The van der Waals surface area contributed by atoms with Crippen molar-refractivity contribution in [2.24, 2.45) is 23.0 Å². The van der Waals surface area contributed by atoms with Crippen LogP contribution in [0.2, 0.25) is 0 Å². The first-order chi connectivity index (χ1) is 5.89. The van der Waals surface area contributed by atoms with Crippen molar-refractivity contribution in [1.29, 1.82) is 0 Å². The molecule has 2 unspecified atom stereocenters. The van der Waals surface area contributed by atoms with E-state index in [1.54, 1.807) is 6.20 Å². The van der Waals surface area contributed by atoms with Crippen LogP contribution >= 0.6 is 0 Å². The van der Waals surface area contributed by atoms with Gasteiger partial charge in [-0.05, 0) is 36.3 Å². The Kier molecular flexibility index (Phi) is 5.12. The van der Waals surface area contributed by atoms with Crippen molar-refractivity contribution in [1.82, 2.24) is 0 Å². The monoisotopic (exact) mass is 183 g/mol. The van der Waals surface area contributed by atoms with Gasteiger partial charge in [-0.25, -0.2) is 0 Å². The minimum atomic E-state index is 0.422. The quantitative estimate of drug-likeness (QED) is 0.708. The first-order valence-electron chi connectivity index (χ1n) is 5.26. The molecule has 2 N–H and O–H groups in total. The average Bonchev–Trinajstić information content (AvgIpc) is 2.01. The standard InChI is InChI=1S/C12H25N/c1-10(8-6-7-9-13)11(2)12(3,4)5/h7,9-11H,6,8,13H2,1-5H3/b9-7-. The molecule has 0 fully saturated rings. The number of hydrogen-bond donors (Lipinski definition) is 1. The van der Waals surface area contributed by atoms with Gasteiger partial charge >= 0.3 is 0 Å². The van der Waals surface area contributed by atoms with Gasteiger partial charge in [0.25, 0.3) is 0 Å². The van der Waals surface area contributed by atoms with Crippen LogP contribution in [-0.2, 0) is 0 Å². The van der Waals surface area contributed by atoms with E-state index in [-0.39, 0.29) is 0 Å². The molecule has 0 rings (SSSR count). The Morgan fingerprint density at radius 1 is 1.23 bits per heavy atom. The smallest absolute Gasteiger partial charge is 0.0103 e. The van der Waals surface area contributed by atoms with E-state index in [4.69, 9.17) is 5.73 Å². The summed E-state index contributed by atoms with van der Waals surface area (Å²) < 4.78 is 0. The van der Waals surface area contributed by atoms with Crippen molar-refractivity contribution in [3.8, 4) is 0 Å². The summed E-state index contributed by atoms with van der Waals surface area (Å²) in [7, 11) is 0. The Bertz CT molecular complexity index is 153. The van der Waals surface area contributed by atoms with Crippen molar-refractivity contribution in [3.63, 3.8) is 0 Å². The van der Waals surface area contributed by atoms with Crippen LogP contribution in [0.5, 0.6) is 0 Å². The zero-order valence-electron chi connectivity index (χ0n) is 9.80. The molecule has 0 aliphatic rings. The van der Waals surface area contributed by atoms with Crippen LogP contribution in [0.3, 0.4) is 0 Å². The predicted molar refractivity (Wildman–Crippen MR) is 60.3 cm³/mol. The summed E-state index contributed by atoms with van der Waals surface area (Å²) >= 11 is 0. The second kappa shape index (κ2) is 5.31. The summed E-state index contributed by atoms with van der Waals surface area (Å²) in [6.45, 7) is 11.6. The predicted octanol–water partition coefficient (Wildman–Crippen LogP) is 3.56. The lowest BCUT2D eigenvalue weighted by atomic mass is 9.74. The lowest BCUT2D eigenvalue weighted by Crippen LogP contribution is -2.23. The van der Waals surface area contributed by atoms with Gasteiger partial charge in [0.2, 0.25) is 0 Å². The van der Waals surface area contributed by atoms with Gasteiger partial charge in [0.1, 0.15) is 0 Å². The van der Waals surface area contributed by atoms with E-state index < -0.39 is 0 Å². The van der Waals surface area contributed by atoms with Gasteiger partial charge in [0.05, 0.1) is 0 Å². The van der Waals surface area contributed by atoms with E-state index in [0.29, 0.717) is 5.41 Å². The molecule has 0 bridgehead atoms. The minimum Gasteiger partial charge on any atom is -0.405 e. The number of nitrogens with two attached hydrogens (primary N) is 1. The molecule has 0 amide bonds. The molecule has 1 nitrogen and oxygen atoms in total. The summed E-state index contributed by atoms with van der Waals surface area (Å²) in [5, 5.41) is 0. The van der Waals surface area contributed by atoms with Crippen LogP contribution in [0.25, 0.3) is 0 Å². The third-order valence-electron chi connectivity index (χ3n) is 3.14. The molecule has 0 aromatic rings. The third-order valence-corrected chi connectivity index (χ3v) is 3.14. The summed E-state index contributed by atoms with van der Waals surface area (Å²) in [6, 6.07) is 0. The van der Waals surface area contributed by atoms with E-state index in [0.717, 1.165) is 18.3 Å². The summed E-state index contributed by atoms with van der Waals surface area (Å²) in [5.41, 5.74) is 5.72. The van der Waals surface area contributed by atoms with Gasteiger partial charge in [0.15, 0.2) is 0 Å². The van der Waals surface area contributed by atoms with Crippen LogP contribution in [-0.4, -0.2) is 0 Å². The highest BCUT2D eigenvalue weighted by molar-refractivity contribution is 4.80. The fourth-order valence-electron chi connectivity index (χ4n) is 1.56. The Labute approximate surface area is 83.4 Å². The molecule has 0 radical (unpaired) electrons. The molecule has 0 heterocycles. The number of rotatable bonds is 4. The molecule has 0 saturated carbocycles. The normalized spacial score (nSPS) is 17.6. The largest absolute Gasteiger partial charge is 0.405 e. The van der Waals surface area contributed by atoms with Gasteiger partial charge < -0.3 is 5.73 Å². The van der Waals surface area contributed by atoms with Crippen molar-refractivity contribution < 1.29 is 0 Å². The van der Waals surface area contributed by atoms with Gasteiger partial charge in [-0.1, -0.05) is 40.7 Å². The fraction of sp³-hybridized carbons (Fsp3) is 0.833. The molecular weight excluding hydrogens is 158 g/mol. The second-order valence-electron chi connectivity index (χ2n) is 5.14. The SMILES string of the molecule is CC(CC/C=C\N)C(C)C(C)(C)C. The fourth-order valence-corrected chi connectivity index (χ4v) is 1.56. The van der Waals surface area contributed by atoms with Crippen LogP contribution in [0.4, 0.5) is 0 Å². The molecule has 0 aromatic heterocycles. The Hall–Kier alpha value is -0.460. The first kappa shape index (κ1) is 12.5. The lowest BCUT2D eigenvalue weighted by molar-refractivity contribution is 0.181. The topological polar surface area (TPSA) is 26.0 Å². The zero-order chi connectivity index (χ0) is 10.5. The van der Waals surface area contributed by atoms with Crippen LogP contribution in [0.1, 0.15) is 47.5 Å². The molecule has 2 atom stereocenters. The van der Waals surface area contributed by atoms with Gasteiger partial charge in [-0.2, -0.15) is 0 Å². The van der Waals surface area contributed by atoms with Gasteiger partial charge in [-0.15, -0.1) is 0 Å². The summed E-state index contributed by atoms with van der Waals surface area (Å²) in [6.07, 6.45) is 6.05. The van der Waals surface area contributed by atoms with Crippen LogP contribution in [0, 0.1) is 17.3 Å². The number of hydrogen-bond acceptors (Lipinski definition) is 1. The molecule has 0 spiro atoms. The van der Waals surface area contributed by atoms with Crippen molar-refractivity contribution in [2.75, 3.05) is 0 Å². The van der Waals surface area contributed by atoms with E-state index in [9.17, 15) is 0 Å². The summed E-state index contributed by atoms with van der Waals surface area (Å²) in [5.74, 6) is 1.54. The summed E-state index contributed by atoms with van der Waals surface area (Å²) in [4.78, 5) is 0. The van der Waals surface area contributed by atoms with Crippen LogP contribution in [0.15, 0.2) is 12.3 Å². The Balaban J connectivity index is 3.89. The molecule has 0 aromatic carbocycles. The Morgan fingerprint density at radius 3 is 2.15 bits per heavy atom. The molecule has 1 heteroatoms. The van der Waals surface area contributed by atoms with E-state index >= 15 is 0 Å². The zero-order valence-corrected chi connectivity index (χ0v) is 9.80. The lowest BCUT2D eigenvalue weighted by Gasteiger charge is -2.32. The molecular formula is C12H25N. The van der Waals surface area contributed by atoms with Gasteiger partial charge in [-0.3, -0.25) is 0 Å². The molecule has 0 aliphatic heterocycles. The third kappa shape index (κ3) is 4.97. The van der Waals surface area contributed by atoms with Crippen molar-refractivity contribution in [3.05, 3.63) is 12.3 Å². The van der Waals surface area contributed by atoms with E-state index in [1.807, 2.05) is 6.08 Å². The first-order valence-corrected chi connectivity index (χ1v) is 5.26. The molecule has 0 saturated heterocycles. The molecule has 0 aliphatic carbocycles. The maximum atomic E-state index is 5.30. The second-order valence-corrected chi connectivity index (χ2v) is 5.14. The highest BCUT2D eigenvalue weighted by atomic mass is 14.5. The Morgan fingerprint density at radius 2 is 1.77 bits per heavy atom.